The minimum Gasteiger partial charge on any atom is -0.388 e. The number of hydrogen-bond acceptors (Lipinski definition) is 7. The number of amides is 1. The lowest BCUT2D eigenvalue weighted by molar-refractivity contribution is -0.137. The van der Waals surface area contributed by atoms with Crippen molar-refractivity contribution in [3.63, 3.8) is 0 Å². The molecule has 0 bridgehead atoms. The molecule has 1 amide bonds. The molecule has 42 heavy (non-hydrogen) atoms. The fourth-order valence-corrected chi connectivity index (χ4v) is 6.35. The van der Waals surface area contributed by atoms with E-state index < -0.39 is 5.60 Å². The van der Waals surface area contributed by atoms with E-state index in [-0.39, 0.29) is 23.9 Å². The Balaban J connectivity index is 1.05. The summed E-state index contributed by atoms with van der Waals surface area (Å²) in [4.78, 5) is 34.6. The van der Waals surface area contributed by atoms with E-state index in [1.54, 1.807) is 10.9 Å². The predicted molar refractivity (Wildman–Crippen MR) is 162 cm³/mol. The maximum atomic E-state index is 13.3. The molecule has 1 aliphatic carbocycles. The van der Waals surface area contributed by atoms with Crippen LogP contribution in [0, 0.1) is 5.92 Å². The minimum atomic E-state index is -1.05. The predicted octanol–water partition coefficient (Wildman–Crippen LogP) is 2.81. The summed E-state index contributed by atoms with van der Waals surface area (Å²) in [5.74, 6) is 0.382. The second-order valence-corrected chi connectivity index (χ2v) is 12.1. The highest BCUT2D eigenvalue weighted by Gasteiger charge is 2.39. The number of carbonyl (C=O) groups excluding carboxylic acids is 1. The molecule has 0 spiro atoms. The smallest absolute Gasteiger partial charge is 0.264 e. The van der Waals surface area contributed by atoms with Crippen molar-refractivity contribution < 1.29 is 9.90 Å². The Kier molecular flexibility index (Phi) is 6.82. The van der Waals surface area contributed by atoms with Crippen molar-refractivity contribution >= 4 is 22.6 Å². The number of fused-ring (bicyclic) bond motifs is 1. The first-order valence-electron chi connectivity index (χ1n) is 15.0. The Labute approximate surface area is 244 Å². The molecule has 0 unspecified atom stereocenters. The van der Waals surface area contributed by atoms with Crippen LogP contribution >= 0.6 is 0 Å². The molecule has 10 heteroatoms. The largest absolute Gasteiger partial charge is 0.388 e. The van der Waals surface area contributed by atoms with E-state index in [1.807, 2.05) is 24.1 Å². The van der Waals surface area contributed by atoms with Gasteiger partial charge in [-0.2, -0.15) is 5.10 Å². The van der Waals surface area contributed by atoms with Gasteiger partial charge in [-0.15, -0.1) is 0 Å². The van der Waals surface area contributed by atoms with Crippen LogP contribution in [-0.4, -0.2) is 80.1 Å². The summed E-state index contributed by atoms with van der Waals surface area (Å²) >= 11 is 0. The van der Waals surface area contributed by atoms with E-state index in [4.69, 9.17) is 0 Å². The first-order chi connectivity index (χ1) is 20.4. The number of carbonyl (C=O) groups is 1. The van der Waals surface area contributed by atoms with Crippen LogP contribution in [0.25, 0.3) is 27.8 Å². The zero-order valence-corrected chi connectivity index (χ0v) is 23.9. The molecule has 2 N–H and O–H groups in total. The number of hydrogen-bond donors (Lipinski definition) is 2. The number of anilines is 1. The van der Waals surface area contributed by atoms with E-state index in [2.05, 4.69) is 56.7 Å². The number of piperidine rings is 1. The highest BCUT2D eigenvalue weighted by atomic mass is 16.3. The van der Waals surface area contributed by atoms with Crippen molar-refractivity contribution in [1.29, 1.82) is 0 Å². The first-order valence-corrected chi connectivity index (χ1v) is 15.0. The van der Waals surface area contributed by atoms with Gasteiger partial charge >= 0.3 is 0 Å². The lowest BCUT2D eigenvalue weighted by Gasteiger charge is -2.38. The van der Waals surface area contributed by atoms with E-state index >= 15 is 0 Å². The maximum Gasteiger partial charge on any atom is 0.264 e. The average molecular weight is 568 g/mol. The number of benzene rings is 2. The van der Waals surface area contributed by atoms with Crippen molar-refractivity contribution in [3.05, 3.63) is 71.4 Å². The van der Waals surface area contributed by atoms with Crippen LogP contribution in [0.2, 0.25) is 0 Å². The zero-order valence-electron chi connectivity index (χ0n) is 23.9. The number of rotatable bonds is 7. The van der Waals surface area contributed by atoms with Crippen LogP contribution < -0.4 is 15.8 Å². The van der Waals surface area contributed by atoms with Crippen molar-refractivity contribution in [1.82, 2.24) is 29.5 Å². The normalized spacial score (nSPS) is 20.4. The lowest BCUT2D eigenvalue weighted by Crippen LogP contribution is -2.50. The number of nitrogens with zero attached hydrogens (tertiary/aromatic N) is 6. The fraction of sp³-hybridized carbons (Fsp3) is 0.438. The van der Waals surface area contributed by atoms with Crippen LogP contribution in [0.1, 0.15) is 32.1 Å². The average Bonchev–Trinajstić information content (AvgIpc) is 3.59. The number of aromatic nitrogens is 4. The van der Waals surface area contributed by atoms with Gasteiger partial charge in [-0.3, -0.25) is 14.2 Å². The molecule has 0 radical (unpaired) electrons. The van der Waals surface area contributed by atoms with E-state index in [1.165, 1.54) is 16.6 Å². The highest BCUT2D eigenvalue weighted by Crippen LogP contribution is 2.33. The molecule has 2 aromatic carbocycles. The standard InChI is InChI=1S/C32H37N7O3/c1-33-25-12-15-37(19-25)26-8-4-22(5-9-26)23-6-10-27(11-7-23)39-29-28(18-35-39)31(41)38(21-34-29)20-32(42)13-16-36(17-14-32)30(40)24-2-3-24/h4-11,18,21,24-25,33,42H,2-3,12-17,19-20H2,1H3/t25-/m1/s1. The minimum absolute atomic E-state index is 0.146. The molecular formula is C32H37N7O3. The lowest BCUT2D eigenvalue weighted by atomic mass is 9.91. The Hall–Kier alpha value is -4.02. The summed E-state index contributed by atoms with van der Waals surface area (Å²) in [6, 6.07) is 17.3. The molecule has 218 valence electrons. The van der Waals surface area contributed by atoms with E-state index in [0.717, 1.165) is 49.2 Å². The van der Waals surface area contributed by atoms with Crippen molar-refractivity contribution in [2.45, 2.75) is 50.3 Å². The van der Waals surface area contributed by atoms with E-state index in [9.17, 15) is 14.7 Å². The molecule has 1 atom stereocenters. The topological polar surface area (TPSA) is 109 Å². The van der Waals surface area contributed by atoms with Gasteiger partial charge in [0.25, 0.3) is 5.56 Å². The fourth-order valence-electron chi connectivity index (χ4n) is 6.35. The monoisotopic (exact) mass is 567 g/mol. The molecular weight excluding hydrogens is 530 g/mol. The number of likely N-dealkylation sites (N-methyl/N-ethyl adjacent to an activating group) is 1. The summed E-state index contributed by atoms with van der Waals surface area (Å²) in [6.45, 7) is 3.28. The second kappa shape index (κ2) is 10.7. The third kappa shape index (κ3) is 5.09. The van der Waals surface area contributed by atoms with Crippen LogP contribution in [-0.2, 0) is 11.3 Å². The number of likely N-dealkylation sites (tertiary alicyclic amines) is 1. The molecule has 10 nitrogen and oxygen atoms in total. The zero-order chi connectivity index (χ0) is 28.8. The van der Waals surface area contributed by atoms with Crippen LogP contribution in [0.5, 0.6) is 0 Å². The summed E-state index contributed by atoms with van der Waals surface area (Å²) in [7, 11) is 2.02. The number of aliphatic hydroxyl groups is 1. The first kappa shape index (κ1) is 26.9. The SMILES string of the molecule is CN[C@@H]1CCN(c2ccc(-c3ccc(-n4ncc5c(=O)n(CC6(O)CCN(C(=O)C7CC7)CC6)cnc54)cc3)cc2)C1. The van der Waals surface area contributed by atoms with Gasteiger partial charge in [0.1, 0.15) is 11.7 Å². The maximum absolute atomic E-state index is 13.3. The highest BCUT2D eigenvalue weighted by molar-refractivity contribution is 5.81. The summed E-state index contributed by atoms with van der Waals surface area (Å²) in [6.07, 6.45) is 7.05. The molecule has 2 aromatic heterocycles. The van der Waals surface area contributed by atoms with Crippen molar-refractivity contribution in [2.24, 2.45) is 5.92 Å². The van der Waals surface area contributed by atoms with Crippen LogP contribution in [0.3, 0.4) is 0 Å². The van der Waals surface area contributed by atoms with Gasteiger partial charge in [-0.25, -0.2) is 9.67 Å². The van der Waals surface area contributed by atoms with E-state index in [0.29, 0.717) is 43.0 Å². The third-order valence-electron chi connectivity index (χ3n) is 9.23. The second-order valence-electron chi connectivity index (χ2n) is 12.1. The Morgan fingerprint density at radius 3 is 2.26 bits per heavy atom. The van der Waals surface area contributed by atoms with Crippen LogP contribution in [0.15, 0.2) is 65.8 Å². The molecule has 4 heterocycles. The molecule has 4 aromatic rings. The Morgan fingerprint density at radius 2 is 1.64 bits per heavy atom. The summed E-state index contributed by atoms with van der Waals surface area (Å²) < 4.78 is 3.15. The van der Waals surface area contributed by atoms with Gasteiger partial charge in [0, 0.05) is 43.8 Å². The quantitative estimate of drug-likeness (QED) is 0.354. The number of nitrogens with one attached hydrogen (secondary N) is 1. The van der Waals surface area contributed by atoms with Gasteiger partial charge in [0.2, 0.25) is 5.91 Å². The van der Waals surface area contributed by atoms with Crippen molar-refractivity contribution in [3.8, 4) is 16.8 Å². The molecule has 3 aliphatic rings. The molecule has 2 saturated heterocycles. The van der Waals surface area contributed by atoms with Gasteiger partial charge in [-0.05, 0) is 74.5 Å². The molecule has 2 aliphatic heterocycles. The summed E-state index contributed by atoms with van der Waals surface area (Å²) in [5, 5.41) is 19.5. The Bertz CT molecular complexity index is 1650. The van der Waals surface area contributed by atoms with Gasteiger partial charge in [0.05, 0.1) is 24.0 Å². The van der Waals surface area contributed by atoms with Crippen LogP contribution in [0.4, 0.5) is 5.69 Å². The molecule has 1 saturated carbocycles. The van der Waals surface area contributed by atoms with Gasteiger partial charge in [-0.1, -0.05) is 24.3 Å². The molecule has 7 rings (SSSR count). The van der Waals surface area contributed by atoms with Gasteiger partial charge in [0.15, 0.2) is 5.65 Å². The van der Waals surface area contributed by atoms with Gasteiger partial charge < -0.3 is 20.2 Å². The summed E-state index contributed by atoms with van der Waals surface area (Å²) in [5.41, 5.74) is 3.51. The molecule has 3 fully saturated rings. The third-order valence-corrected chi connectivity index (χ3v) is 9.23. The Morgan fingerprint density at radius 1 is 0.976 bits per heavy atom. The van der Waals surface area contributed by atoms with Crippen molar-refractivity contribution in [2.75, 3.05) is 38.1 Å².